The van der Waals surface area contributed by atoms with Gasteiger partial charge >= 0.3 is 7.12 Å². The first-order valence-corrected chi connectivity index (χ1v) is 9.42. The molecule has 1 saturated carbocycles. The molecule has 0 spiro atoms. The van der Waals surface area contributed by atoms with E-state index >= 15 is 4.39 Å². The van der Waals surface area contributed by atoms with Crippen LogP contribution in [0.25, 0.3) is 10.9 Å². The van der Waals surface area contributed by atoms with Crippen LogP contribution in [0.15, 0.2) is 36.2 Å². The summed E-state index contributed by atoms with van der Waals surface area (Å²) in [5.74, 6) is 0. The number of rotatable bonds is 3. The Kier molecular flexibility index (Phi) is 3.90. The first-order chi connectivity index (χ1) is 12.1. The number of aryl methyl sites for hydroxylation is 1. The zero-order valence-electron chi connectivity index (χ0n) is 15.9. The third-order valence-electron chi connectivity index (χ3n) is 6.18. The van der Waals surface area contributed by atoms with Crippen molar-refractivity contribution >= 4 is 29.6 Å². The maximum absolute atomic E-state index is 15.1. The third-order valence-corrected chi connectivity index (χ3v) is 6.50. The fourth-order valence-electron chi connectivity index (χ4n) is 3.69. The third kappa shape index (κ3) is 2.64. The predicted molar refractivity (Wildman–Crippen MR) is 104 cm³/mol. The highest BCUT2D eigenvalue weighted by molar-refractivity contribution is 6.53. The minimum atomic E-state index is -0.956. The summed E-state index contributed by atoms with van der Waals surface area (Å²) in [4.78, 5) is 0. The Morgan fingerprint density at radius 1 is 1.19 bits per heavy atom. The Balaban J connectivity index is 1.72. The van der Waals surface area contributed by atoms with Crippen molar-refractivity contribution in [1.29, 1.82) is 0 Å². The molecule has 1 aromatic carbocycles. The molecule has 6 heteroatoms. The second kappa shape index (κ2) is 5.60. The van der Waals surface area contributed by atoms with Crippen LogP contribution in [0.5, 0.6) is 0 Å². The zero-order chi connectivity index (χ0) is 18.9. The highest BCUT2D eigenvalue weighted by atomic mass is 35.5. The largest absolute Gasteiger partial charge is 0.524 e. The molecule has 0 atom stereocenters. The molecule has 4 rings (SSSR count). The molecule has 1 saturated heterocycles. The molecule has 2 fully saturated rings. The molecule has 1 aliphatic carbocycles. The molecule has 138 valence electrons. The van der Waals surface area contributed by atoms with Crippen molar-refractivity contribution in [1.82, 2.24) is 4.57 Å². The van der Waals surface area contributed by atoms with E-state index in [4.69, 9.17) is 20.9 Å². The Morgan fingerprint density at radius 2 is 1.81 bits per heavy atom. The van der Waals surface area contributed by atoms with Gasteiger partial charge in [0.05, 0.1) is 16.2 Å². The van der Waals surface area contributed by atoms with Gasteiger partial charge in [0.15, 0.2) is 0 Å². The van der Waals surface area contributed by atoms with Crippen LogP contribution in [0, 0.1) is 0 Å². The summed E-state index contributed by atoms with van der Waals surface area (Å²) in [6.45, 7) is 7.71. The van der Waals surface area contributed by atoms with Gasteiger partial charge in [-0.2, -0.15) is 0 Å². The average molecular weight is 376 g/mol. The van der Waals surface area contributed by atoms with Crippen molar-refractivity contribution in [3.63, 3.8) is 0 Å². The summed E-state index contributed by atoms with van der Waals surface area (Å²) in [6, 6.07) is 5.86. The van der Waals surface area contributed by atoms with Crippen molar-refractivity contribution < 1.29 is 13.7 Å². The Bertz CT molecular complexity index is 898. The van der Waals surface area contributed by atoms with E-state index < -0.39 is 18.3 Å². The quantitative estimate of drug-likeness (QED) is 0.675. The number of hydrogen-bond donors (Lipinski definition) is 0. The van der Waals surface area contributed by atoms with Gasteiger partial charge in [-0.1, -0.05) is 17.7 Å². The van der Waals surface area contributed by atoms with E-state index in [1.807, 2.05) is 52.9 Å². The monoisotopic (exact) mass is 375 g/mol. The van der Waals surface area contributed by atoms with Gasteiger partial charge in [0.2, 0.25) is 0 Å². The molecule has 0 amide bonds. The van der Waals surface area contributed by atoms with Crippen molar-refractivity contribution in [2.75, 3.05) is 0 Å². The predicted octanol–water partition coefficient (Wildman–Crippen LogP) is 5.35. The molecular formula is C20H24BClFNO2. The lowest BCUT2D eigenvalue weighted by Crippen LogP contribution is -2.41. The topological polar surface area (TPSA) is 23.4 Å². The van der Waals surface area contributed by atoms with Crippen molar-refractivity contribution in [3.05, 3.63) is 46.8 Å². The highest BCUT2D eigenvalue weighted by Gasteiger charge is 2.54. The van der Waals surface area contributed by atoms with Gasteiger partial charge in [-0.3, -0.25) is 0 Å². The van der Waals surface area contributed by atoms with Gasteiger partial charge < -0.3 is 13.9 Å². The minimum Gasteiger partial charge on any atom is -0.398 e. The smallest absolute Gasteiger partial charge is 0.398 e. The van der Waals surface area contributed by atoms with E-state index in [0.717, 1.165) is 29.3 Å². The molecule has 0 N–H and O–H groups in total. The van der Waals surface area contributed by atoms with Crippen LogP contribution in [0.4, 0.5) is 4.39 Å². The van der Waals surface area contributed by atoms with Gasteiger partial charge in [-0.15, -0.1) is 0 Å². The van der Waals surface area contributed by atoms with Gasteiger partial charge in [0, 0.05) is 29.6 Å². The van der Waals surface area contributed by atoms with Crippen molar-refractivity contribution in [2.45, 2.75) is 57.2 Å². The van der Waals surface area contributed by atoms with Crippen LogP contribution < -0.4 is 0 Å². The molecule has 26 heavy (non-hydrogen) atoms. The normalized spacial score (nSPS) is 23.7. The number of fused-ring (bicyclic) bond motifs is 1. The summed E-state index contributed by atoms with van der Waals surface area (Å²) in [7, 11) is 1.04. The molecule has 3 nitrogen and oxygen atoms in total. The molecule has 2 aromatic rings. The van der Waals surface area contributed by atoms with Crippen molar-refractivity contribution in [3.8, 4) is 0 Å². The lowest BCUT2D eigenvalue weighted by molar-refractivity contribution is 0.00578. The van der Waals surface area contributed by atoms with Gasteiger partial charge in [0.1, 0.15) is 5.73 Å². The SMILES string of the molecule is Cn1cc(C2(C=C(F)B3OC(C)(C)C(C)(C)O3)CC2)c2c(Cl)cccc21. The fraction of sp³-hybridized carbons (Fsp3) is 0.500. The van der Waals surface area contributed by atoms with E-state index in [2.05, 4.69) is 10.8 Å². The Hall–Kier alpha value is -1.30. The number of aromatic nitrogens is 1. The molecule has 1 aliphatic heterocycles. The second-order valence-corrected chi connectivity index (χ2v) is 8.97. The number of allylic oxidation sites excluding steroid dienone is 1. The van der Waals surface area contributed by atoms with Gasteiger partial charge in [-0.05, 0) is 64.3 Å². The van der Waals surface area contributed by atoms with E-state index in [9.17, 15) is 0 Å². The first kappa shape index (κ1) is 18.1. The van der Waals surface area contributed by atoms with Crippen molar-refractivity contribution in [2.24, 2.45) is 7.05 Å². The summed E-state index contributed by atoms with van der Waals surface area (Å²) in [6.07, 6.45) is 5.54. The molecule has 0 unspecified atom stereocenters. The minimum absolute atomic E-state index is 0.335. The number of nitrogens with zero attached hydrogens (tertiary/aromatic N) is 1. The maximum Gasteiger partial charge on any atom is 0.524 e. The number of halogens is 2. The molecule has 0 radical (unpaired) electrons. The van der Waals surface area contributed by atoms with E-state index in [1.54, 1.807) is 6.08 Å². The van der Waals surface area contributed by atoms with Crippen LogP contribution in [0.1, 0.15) is 46.1 Å². The highest BCUT2D eigenvalue weighted by Crippen LogP contribution is 2.54. The number of benzene rings is 1. The van der Waals surface area contributed by atoms with Crippen LogP contribution in [0.3, 0.4) is 0 Å². The standard InChI is InChI=1S/C20H24BClFNO2/c1-18(2)19(3,4)26-21(25-18)16(23)11-20(9-10-20)13-12-24(5)15-8-6-7-14(22)17(13)15/h6-8,11-12H,9-10H2,1-5H3. The van der Waals surface area contributed by atoms with E-state index in [-0.39, 0.29) is 11.1 Å². The van der Waals surface area contributed by atoms with E-state index in [1.165, 1.54) is 0 Å². The van der Waals surface area contributed by atoms with Gasteiger partial charge in [0.25, 0.3) is 0 Å². The summed E-state index contributed by atoms with van der Waals surface area (Å²) >= 11 is 6.47. The summed E-state index contributed by atoms with van der Waals surface area (Å²) in [5.41, 5.74) is 0.337. The lowest BCUT2D eigenvalue weighted by atomic mass is 9.83. The summed E-state index contributed by atoms with van der Waals surface area (Å²) in [5, 5.41) is 1.71. The first-order valence-electron chi connectivity index (χ1n) is 9.04. The molecular weight excluding hydrogens is 351 g/mol. The Morgan fingerprint density at radius 3 is 2.38 bits per heavy atom. The summed E-state index contributed by atoms with van der Waals surface area (Å²) < 4.78 is 28.9. The van der Waals surface area contributed by atoms with E-state index in [0.29, 0.717) is 5.02 Å². The van der Waals surface area contributed by atoms with Crippen LogP contribution in [-0.2, 0) is 21.8 Å². The van der Waals surface area contributed by atoms with Crippen LogP contribution in [0.2, 0.25) is 5.02 Å². The van der Waals surface area contributed by atoms with Crippen LogP contribution in [-0.4, -0.2) is 22.9 Å². The Labute approximate surface area is 159 Å². The lowest BCUT2D eigenvalue weighted by Gasteiger charge is -2.32. The molecule has 2 aliphatic rings. The second-order valence-electron chi connectivity index (χ2n) is 8.56. The van der Waals surface area contributed by atoms with Crippen LogP contribution >= 0.6 is 11.6 Å². The maximum atomic E-state index is 15.1. The number of hydrogen-bond acceptors (Lipinski definition) is 2. The molecule has 0 bridgehead atoms. The molecule has 1 aromatic heterocycles. The van der Waals surface area contributed by atoms with Gasteiger partial charge in [-0.25, -0.2) is 4.39 Å². The average Bonchev–Trinajstić information content (AvgIpc) is 3.17. The molecule has 2 heterocycles. The zero-order valence-corrected chi connectivity index (χ0v) is 16.7. The fourth-order valence-corrected chi connectivity index (χ4v) is 3.96.